The Morgan fingerprint density at radius 3 is 2.41 bits per heavy atom. The Kier molecular flexibility index (Phi) is 4.75. The minimum atomic E-state index is -0.823. The van der Waals surface area contributed by atoms with Crippen molar-refractivity contribution in [1.29, 1.82) is 0 Å². The van der Waals surface area contributed by atoms with Crippen LogP contribution >= 0.6 is 0 Å². The van der Waals surface area contributed by atoms with E-state index >= 15 is 0 Å². The highest BCUT2D eigenvalue weighted by atomic mass is 16.6. The minimum absolute atomic E-state index is 0.404. The van der Waals surface area contributed by atoms with Gasteiger partial charge >= 0.3 is 24.0 Å². The molecule has 0 amide bonds. The third-order valence-electron chi connectivity index (χ3n) is 1.87. The molecular weight excluding hydrogens is 224 g/mol. The zero-order chi connectivity index (χ0) is 12.7. The molecule has 0 spiro atoms. The topological polar surface area (TPSA) is 67.1 Å². The smallest absolute Gasteiger partial charge is 0.474 e. The van der Waals surface area contributed by atoms with E-state index in [2.05, 4.69) is 9.47 Å². The van der Waals surface area contributed by atoms with Crippen molar-refractivity contribution in [2.24, 2.45) is 0 Å². The number of methoxy groups -OCH3 is 2. The molecule has 1 aromatic rings. The molecule has 0 saturated carbocycles. The van der Waals surface area contributed by atoms with E-state index < -0.39 is 17.7 Å². The average molecular weight is 237 g/mol. The summed E-state index contributed by atoms with van der Waals surface area (Å²) < 4.78 is 14.0. The zero-order valence-corrected chi connectivity index (χ0v) is 9.54. The molecule has 0 heterocycles. The molecule has 0 saturated heterocycles. The van der Waals surface area contributed by atoms with Crippen molar-refractivity contribution >= 4 is 12.3 Å². The van der Waals surface area contributed by atoms with E-state index in [0.29, 0.717) is 0 Å². The van der Waals surface area contributed by atoms with Crippen molar-refractivity contribution < 1.29 is 23.8 Å². The zero-order valence-electron chi connectivity index (χ0n) is 9.54. The number of carbonyl (C=O) groups is 1. The first-order valence-electron chi connectivity index (χ1n) is 4.79. The second-order valence-electron chi connectivity index (χ2n) is 2.98. The first kappa shape index (κ1) is 12.8. The first-order chi connectivity index (χ1) is 8.19. The molecule has 5 nitrogen and oxygen atoms in total. The van der Waals surface area contributed by atoms with Gasteiger partial charge in [-0.2, -0.15) is 4.42 Å². The van der Waals surface area contributed by atoms with Crippen LogP contribution in [0.15, 0.2) is 42.0 Å². The molecule has 0 aromatic heterocycles. The molecule has 0 unspecified atom stereocenters. The van der Waals surface area contributed by atoms with Crippen LogP contribution in [0, 0.1) is 0 Å². The number of aldehydes is 1. The Balaban J connectivity index is 2.96. The Labute approximate surface area is 98.6 Å². The highest BCUT2D eigenvalue weighted by Gasteiger charge is 2.29. The lowest BCUT2D eigenvalue weighted by molar-refractivity contribution is -0.221. The second kappa shape index (κ2) is 6.32. The Bertz CT molecular complexity index is 433. The summed E-state index contributed by atoms with van der Waals surface area (Å²) in [6, 6.07) is 9.03. The van der Waals surface area contributed by atoms with E-state index in [1.165, 1.54) is 20.5 Å². The normalized spacial score (nSPS) is 12.1. The molecule has 0 aliphatic carbocycles. The highest BCUT2D eigenvalue weighted by Crippen LogP contribution is 2.06. The van der Waals surface area contributed by atoms with Crippen LogP contribution in [0.3, 0.4) is 0 Å². The van der Waals surface area contributed by atoms with Crippen LogP contribution < -0.4 is 0 Å². The second-order valence-corrected chi connectivity index (χ2v) is 2.98. The number of hydrogen-bond acceptors (Lipinski definition) is 4. The molecule has 0 aliphatic heterocycles. The average Bonchev–Trinajstić information content (AvgIpc) is 2.39. The van der Waals surface area contributed by atoms with E-state index in [0.717, 1.165) is 5.56 Å². The summed E-state index contributed by atoms with van der Waals surface area (Å²) in [4.78, 5) is 11.3. The van der Waals surface area contributed by atoms with Gasteiger partial charge in [0, 0.05) is 0 Å². The van der Waals surface area contributed by atoms with Crippen molar-refractivity contribution in [1.82, 2.24) is 0 Å². The fourth-order valence-corrected chi connectivity index (χ4v) is 1.03. The Hall–Kier alpha value is -2.30. The first-order valence-corrected chi connectivity index (χ1v) is 4.79. The lowest BCUT2D eigenvalue weighted by Crippen LogP contribution is -2.08. The molecule has 0 fully saturated rings. The summed E-state index contributed by atoms with van der Waals surface area (Å²) in [5, 5.41) is 9.31. The number of carbonyl (C=O) groups excluding carboxylic acids is 2. The minimum Gasteiger partial charge on any atom is -0.474 e. The number of esters is 1. The standard InChI is InChI=1S/C12H12O5/c1-15-11(13)10(12(14)16-2)17-8-9-6-4-3-5-7-9/h3-8H,1-2H3/p+1. The number of benzene rings is 1. The molecule has 0 radical (unpaired) electrons. The maximum Gasteiger partial charge on any atom is 0.515 e. The van der Waals surface area contributed by atoms with Gasteiger partial charge in [-0.3, -0.25) is 0 Å². The lowest BCUT2D eigenvalue weighted by Gasteiger charge is -1.94. The Morgan fingerprint density at radius 1 is 1.24 bits per heavy atom. The van der Waals surface area contributed by atoms with Crippen LogP contribution in [0.1, 0.15) is 9.99 Å². The summed E-state index contributed by atoms with van der Waals surface area (Å²) in [5.74, 6) is -1.86. The Morgan fingerprint density at radius 2 is 1.88 bits per heavy atom. The van der Waals surface area contributed by atoms with Crippen LogP contribution in [0.4, 0.5) is 0 Å². The van der Waals surface area contributed by atoms with Crippen LogP contribution in [0.5, 0.6) is 0 Å². The van der Waals surface area contributed by atoms with Crippen molar-refractivity contribution in [3.63, 3.8) is 0 Å². The highest BCUT2D eigenvalue weighted by molar-refractivity contribution is 5.87. The number of rotatable bonds is 4. The van der Waals surface area contributed by atoms with E-state index in [1.807, 2.05) is 18.2 Å². The molecule has 0 atom stereocenters. The van der Waals surface area contributed by atoms with Gasteiger partial charge in [0.15, 0.2) is 0 Å². The van der Waals surface area contributed by atoms with Gasteiger partial charge in [-0.15, -0.1) is 0 Å². The van der Waals surface area contributed by atoms with Gasteiger partial charge < -0.3 is 14.6 Å². The van der Waals surface area contributed by atoms with Crippen LogP contribution in [-0.4, -0.2) is 31.6 Å². The number of aliphatic hydroxyl groups is 1. The van der Waals surface area contributed by atoms with Crippen molar-refractivity contribution in [2.75, 3.05) is 14.2 Å². The summed E-state index contributed by atoms with van der Waals surface area (Å²) >= 11 is 0. The van der Waals surface area contributed by atoms with Crippen molar-refractivity contribution in [2.45, 2.75) is 0 Å². The molecule has 5 heteroatoms. The fraction of sp³-hybridized carbons (Fsp3) is 0.167. The molecule has 1 N–H and O–H groups in total. The summed E-state index contributed by atoms with van der Waals surface area (Å²) in [5.41, 5.74) is 0.734. The van der Waals surface area contributed by atoms with Crippen LogP contribution in [0.2, 0.25) is 0 Å². The van der Waals surface area contributed by atoms with E-state index in [1.54, 1.807) is 12.1 Å². The predicted molar refractivity (Wildman–Crippen MR) is 60.5 cm³/mol. The predicted octanol–water partition coefficient (Wildman–Crippen LogP) is 1.58. The monoisotopic (exact) mass is 237 g/mol. The molecule has 90 valence electrons. The third-order valence-corrected chi connectivity index (χ3v) is 1.87. The van der Waals surface area contributed by atoms with Gasteiger partial charge in [-0.1, -0.05) is 18.2 Å². The molecule has 1 aromatic carbocycles. The largest absolute Gasteiger partial charge is 0.515 e. The molecule has 17 heavy (non-hydrogen) atoms. The number of ether oxygens (including phenoxy) is 2. The van der Waals surface area contributed by atoms with E-state index in [-0.39, 0.29) is 0 Å². The van der Waals surface area contributed by atoms with Gasteiger partial charge in [-0.25, -0.2) is 4.79 Å². The van der Waals surface area contributed by atoms with Crippen molar-refractivity contribution in [3.05, 3.63) is 47.6 Å². The van der Waals surface area contributed by atoms with Gasteiger partial charge in [0.2, 0.25) is 0 Å². The van der Waals surface area contributed by atoms with E-state index in [4.69, 9.17) is 4.42 Å². The fourth-order valence-electron chi connectivity index (χ4n) is 1.03. The maximum atomic E-state index is 11.3. The van der Waals surface area contributed by atoms with Crippen LogP contribution in [-0.2, 0) is 14.3 Å². The number of hydrogen-bond donors (Lipinski definition) is 1. The maximum absolute atomic E-state index is 11.3. The summed E-state index contributed by atoms with van der Waals surface area (Å²) in [6.07, 6.45) is 1.31. The van der Waals surface area contributed by atoms with Crippen molar-refractivity contribution in [3.8, 4) is 0 Å². The molecule has 0 bridgehead atoms. The van der Waals surface area contributed by atoms with Gasteiger partial charge in [0.1, 0.15) is 0 Å². The summed E-state index contributed by atoms with van der Waals surface area (Å²) in [6.45, 7) is 0. The third kappa shape index (κ3) is 3.64. The lowest BCUT2D eigenvalue weighted by atomic mass is 10.2. The SMILES string of the molecule is COC(=O)/C([O+]=Cc1ccccc1)=C(/O)OC. The quantitative estimate of drug-likeness (QED) is 0.284. The molecule has 0 aliphatic rings. The van der Waals surface area contributed by atoms with Gasteiger partial charge in [-0.05, 0) is 12.1 Å². The number of aliphatic hydroxyl groups excluding tert-OH is 1. The molecular formula is C12H13O5+. The summed E-state index contributed by atoms with van der Waals surface area (Å²) in [7, 11) is 2.39. The van der Waals surface area contributed by atoms with E-state index in [9.17, 15) is 9.90 Å². The van der Waals surface area contributed by atoms with Crippen LogP contribution in [0.25, 0.3) is 0 Å². The van der Waals surface area contributed by atoms with Gasteiger partial charge in [0.25, 0.3) is 0 Å². The molecule has 1 rings (SSSR count). The van der Waals surface area contributed by atoms with Gasteiger partial charge in [0.05, 0.1) is 19.8 Å².